The summed E-state index contributed by atoms with van der Waals surface area (Å²) in [7, 11) is 3.20. The zero-order valence-corrected chi connectivity index (χ0v) is 18.2. The molecule has 1 heterocycles. The Kier molecular flexibility index (Phi) is 7.70. The van der Waals surface area contributed by atoms with Gasteiger partial charge in [-0.05, 0) is 31.2 Å². The van der Waals surface area contributed by atoms with Gasteiger partial charge in [0.2, 0.25) is 0 Å². The maximum Gasteiger partial charge on any atom is 0.324 e. The molecule has 7 nitrogen and oxygen atoms in total. The van der Waals surface area contributed by atoms with Crippen LogP contribution in [0, 0.1) is 0 Å². The molecule has 0 aliphatic carbocycles. The molecule has 30 heavy (non-hydrogen) atoms. The summed E-state index contributed by atoms with van der Waals surface area (Å²) in [5, 5.41) is 3.36. The zero-order valence-electron chi connectivity index (χ0n) is 17.4. The molecule has 0 radical (unpaired) electrons. The first-order valence-corrected chi connectivity index (χ1v) is 10.7. The lowest BCUT2D eigenvalue weighted by atomic mass is 10.2. The standard InChI is InChI=1S/C22H27NO6S/c1-4-27-21(24)16-13-30-22(23-16,14-28-19-11-7-5-9-17(19)25-2)15-29-20-12-8-6-10-18(20)26-3/h5-12,16,23H,4,13-15H2,1-3H3. The van der Waals surface area contributed by atoms with Gasteiger partial charge in [0.15, 0.2) is 23.0 Å². The molecule has 1 aliphatic rings. The molecule has 0 aromatic heterocycles. The normalized spacial score (nSPS) is 17.2. The molecule has 1 atom stereocenters. The summed E-state index contributed by atoms with van der Waals surface area (Å²) in [4.78, 5) is 11.6. The number of esters is 1. The minimum Gasteiger partial charge on any atom is -0.493 e. The quantitative estimate of drug-likeness (QED) is 0.573. The Morgan fingerprint density at radius 2 is 1.47 bits per heavy atom. The van der Waals surface area contributed by atoms with Crippen LogP contribution in [0.3, 0.4) is 0 Å². The van der Waals surface area contributed by atoms with Gasteiger partial charge in [-0.25, -0.2) is 0 Å². The number of rotatable bonds is 10. The number of nitrogens with one attached hydrogen (secondary N) is 1. The van der Waals surface area contributed by atoms with Gasteiger partial charge >= 0.3 is 5.97 Å². The lowest BCUT2D eigenvalue weighted by Crippen LogP contribution is -2.52. The third-order valence-corrected chi connectivity index (χ3v) is 6.00. The fraction of sp³-hybridized carbons (Fsp3) is 0.409. The van der Waals surface area contributed by atoms with Crippen LogP contribution < -0.4 is 24.3 Å². The van der Waals surface area contributed by atoms with E-state index in [1.54, 1.807) is 32.9 Å². The lowest BCUT2D eigenvalue weighted by molar-refractivity contribution is -0.145. The predicted octanol–water partition coefficient (Wildman–Crippen LogP) is 3.13. The van der Waals surface area contributed by atoms with Crippen LogP contribution in [0.1, 0.15) is 6.92 Å². The number of carbonyl (C=O) groups excluding carboxylic acids is 1. The highest BCUT2D eigenvalue weighted by Crippen LogP contribution is 2.36. The first kappa shape index (κ1) is 22.1. The topological polar surface area (TPSA) is 75.3 Å². The van der Waals surface area contributed by atoms with Gasteiger partial charge in [0.1, 0.15) is 24.1 Å². The van der Waals surface area contributed by atoms with E-state index in [0.29, 0.717) is 35.4 Å². The molecule has 0 spiro atoms. The second-order valence-electron chi connectivity index (χ2n) is 6.63. The van der Waals surface area contributed by atoms with Crippen molar-refractivity contribution in [3.63, 3.8) is 0 Å². The molecule has 1 aliphatic heterocycles. The van der Waals surface area contributed by atoms with Crippen LogP contribution in [0.4, 0.5) is 0 Å². The van der Waals surface area contributed by atoms with E-state index in [2.05, 4.69) is 5.32 Å². The summed E-state index contributed by atoms with van der Waals surface area (Å²) < 4.78 is 28.1. The van der Waals surface area contributed by atoms with Crippen LogP contribution in [-0.4, -0.2) is 56.7 Å². The summed E-state index contributed by atoms with van der Waals surface area (Å²) in [6.07, 6.45) is 0. The van der Waals surface area contributed by atoms with Crippen LogP contribution in [-0.2, 0) is 9.53 Å². The van der Waals surface area contributed by atoms with E-state index in [9.17, 15) is 4.79 Å². The first-order valence-electron chi connectivity index (χ1n) is 9.70. The molecule has 2 aromatic carbocycles. The SMILES string of the molecule is CCOC(=O)C1CSC(COc2ccccc2OC)(COc2ccccc2OC)N1. The Morgan fingerprint density at radius 3 is 1.93 bits per heavy atom. The Balaban J connectivity index is 1.76. The first-order chi connectivity index (χ1) is 14.6. The summed E-state index contributed by atoms with van der Waals surface area (Å²) >= 11 is 1.57. The molecule has 3 rings (SSSR count). The summed E-state index contributed by atoms with van der Waals surface area (Å²) in [5.74, 6) is 2.81. The number of methoxy groups -OCH3 is 2. The number of ether oxygens (including phenoxy) is 5. The third-order valence-electron chi connectivity index (χ3n) is 4.59. The Labute approximate surface area is 181 Å². The number of carbonyl (C=O) groups is 1. The maximum atomic E-state index is 12.3. The molecule has 0 saturated carbocycles. The molecule has 8 heteroatoms. The highest BCUT2D eigenvalue weighted by Gasteiger charge is 2.44. The minimum absolute atomic E-state index is 0.267. The average molecular weight is 434 g/mol. The van der Waals surface area contributed by atoms with Gasteiger partial charge in [-0.2, -0.15) is 0 Å². The van der Waals surface area contributed by atoms with Crippen molar-refractivity contribution in [2.45, 2.75) is 17.8 Å². The van der Waals surface area contributed by atoms with Gasteiger partial charge in [-0.3, -0.25) is 10.1 Å². The van der Waals surface area contributed by atoms with Gasteiger partial charge in [0, 0.05) is 5.75 Å². The largest absolute Gasteiger partial charge is 0.493 e. The Bertz CT molecular complexity index is 794. The van der Waals surface area contributed by atoms with Crippen LogP contribution in [0.5, 0.6) is 23.0 Å². The van der Waals surface area contributed by atoms with Crippen molar-refractivity contribution in [3.8, 4) is 23.0 Å². The van der Waals surface area contributed by atoms with E-state index in [0.717, 1.165) is 0 Å². The van der Waals surface area contributed by atoms with Crippen LogP contribution in [0.2, 0.25) is 0 Å². The van der Waals surface area contributed by atoms with Crippen LogP contribution in [0.15, 0.2) is 48.5 Å². The van der Waals surface area contributed by atoms with Gasteiger partial charge in [-0.15, -0.1) is 11.8 Å². The van der Waals surface area contributed by atoms with Gasteiger partial charge in [0.05, 0.1) is 20.8 Å². The summed E-state index contributed by atoms with van der Waals surface area (Å²) in [6, 6.07) is 14.5. The van der Waals surface area contributed by atoms with Crippen molar-refractivity contribution in [2.24, 2.45) is 0 Å². The number of thioether (sulfide) groups is 1. The molecular weight excluding hydrogens is 406 g/mol. The summed E-state index contributed by atoms with van der Waals surface area (Å²) in [5.41, 5.74) is 0. The van der Waals surface area contributed by atoms with Gasteiger partial charge in [-0.1, -0.05) is 24.3 Å². The average Bonchev–Trinajstić information content (AvgIpc) is 3.22. The highest BCUT2D eigenvalue weighted by atomic mass is 32.2. The van der Waals surface area contributed by atoms with E-state index in [1.807, 2.05) is 48.5 Å². The highest BCUT2D eigenvalue weighted by molar-refractivity contribution is 8.01. The minimum atomic E-state index is -0.654. The summed E-state index contributed by atoms with van der Waals surface area (Å²) in [6.45, 7) is 2.67. The number of hydrogen-bond donors (Lipinski definition) is 1. The second-order valence-corrected chi connectivity index (χ2v) is 8.04. The fourth-order valence-corrected chi connectivity index (χ4v) is 4.30. The molecule has 1 fully saturated rings. The van der Waals surface area contributed by atoms with Crippen molar-refractivity contribution < 1.29 is 28.5 Å². The van der Waals surface area contributed by atoms with Crippen molar-refractivity contribution >= 4 is 17.7 Å². The van der Waals surface area contributed by atoms with E-state index in [-0.39, 0.29) is 19.2 Å². The molecule has 162 valence electrons. The van der Waals surface area contributed by atoms with Crippen molar-refractivity contribution in [3.05, 3.63) is 48.5 Å². The number of hydrogen-bond acceptors (Lipinski definition) is 8. The maximum absolute atomic E-state index is 12.3. The van der Waals surface area contributed by atoms with E-state index in [4.69, 9.17) is 23.7 Å². The van der Waals surface area contributed by atoms with Crippen LogP contribution in [0.25, 0.3) is 0 Å². The monoisotopic (exact) mass is 433 g/mol. The van der Waals surface area contributed by atoms with Crippen molar-refractivity contribution in [1.29, 1.82) is 0 Å². The Morgan fingerprint density at radius 1 is 0.967 bits per heavy atom. The van der Waals surface area contributed by atoms with Gasteiger partial charge < -0.3 is 23.7 Å². The van der Waals surface area contributed by atoms with Crippen molar-refractivity contribution in [1.82, 2.24) is 5.32 Å². The fourth-order valence-electron chi connectivity index (χ4n) is 3.09. The second kappa shape index (κ2) is 10.4. The molecular formula is C22H27NO6S. The predicted molar refractivity (Wildman–Crippen MR) is 116 cm³/mol. The number of para-hydroxylation sites is 4. The zero-order chi connectivity index (χ0) is 21.4. The van der Waals surface area contributed by atoms with E-state index < -0.39 is 10.9 Å². The molecule has 1 N–H and O–H groups in total. The van der Waals surface area contributed by atoms with E-state index >= 15 is 0 Å². The molecule has 2 aromatic rings. The van der Waals surface area contributed by atoms with Crippen molar-refractivity contribution in [2.75, 3.05) is 39.8 Å². The van der Waals surface area contributed by atoms with Crippen LogP contribution >= 0.6 is 11.8 Å². The third kappa shape index (κ3) is 5.31. The van der Waals surface area contributed by atoms with E-state index in [1.165, 1.54) is 0 Å². The molecule has 1 saturated heterocycles. The lowest BCUT2D eigenvalue weighted by Gasteiger charge is -2.29. The molecule has 0 bridgehead atoms. The molecule has 0 amide bonds. The molecule has 1 unspecified atom stereocenters. The smallest absolute Gasteiger partial charge is 0.324 e. The Hall–Kier alpha value is -2.58. The number of benzene rings is 2. The van der Waals surface area contributed by atoms with Gasteiger partial charge in [0.25, 0.3) is 0 Å².